The summed E-state index contributed by atoms with van der Waals surface area (Å²) in [5, 5.41) is 3.29. The van der Waals surface area contributed by atoms with Crippen molar-refractivity contribution in [1.82, 2.24) is 5.32 Å². The van der Waals surface area contributed by atoms with Gasteiger partial charge in [0.05, 0.1) is 5.56 Å². The first-order valence-corrected chi connectivity index (χ1v) is 5.87. The van der Waals surface area contributed by atoms with Crippen molar-refractivity contribution in [2.75, 3.05) is 12.4 Å². The van der Waals surface area contributed by atoms with Crippen molar-refractivity contribution in [3.05, 3.63) is 35.1 Å². The first kappa shape index (κ1) is 12.2. The molecule has 0 saturated carbocycles. The molecule has 2 nitrogen and oxygen atoms in total. The number of hydrogen-bond donors (Lipinski definition) is 1. The Morgan fingerprint density at radius 3 is 2.80 bits per heavy atom. The van der Waals surface area contributed by atoms with Gasteiger partial charge in [0.15, 0.2) is 0 Å². The van der Waals surface area contributed by atoms with Gasteiger partial charge in [0.2, 0.25) is 0 Å². The number of rotatable bonds is 4. The number of benzene rings is 1. The summed E-state index contributed by atoms with van der Waals surface area (Å²) in [6, 6.07) is 4.74. The summed E-state index contributed by atoms with van der Waals surface area (Å²) >= 11 is 3.32. The number of alkyl halides is 1. The van der Waals surface area contributed by atoms with Gasteiger partial charge in [-0.15, -0.1) is 0 Å². The van der Waals surface area contributed by atoms with Gasteiger partial charge in [0.1, 0.15) is 5.82 Å². The lowest BCUT2D eigenvalue weighted by atomic mass is 10.1. The Hall–Kier alpha value is -0.900. The number of carbonyl (C=O) groups excluding carboxylic acids is 1. The second kappa shape index (κ2) is 5.85. The van der Waals surface area contributed by atoms with Crippen LogP contribution in [0, 0.1) is 5.82 Å². The van der Waals surface area contributed by atoms with Crippen molar-refractivity contribution >= 4 is 21.8 Å². The lowest BCUT2D eigenvalue weighted by molar-refractivity contribution is 0.0959. The molecule has 0 saturated heterocycles. The molecule has 1 aromatic rings. The summed E-state index contributed by atoms with van der Waals surface area (Å²) in [6.45, 7) is 0. The molecule has 1 amide bonds. The fourth-order valence-electron chi connectivity index (χ4n) is 1.30. The van der Waals surface area contributed by atoms with Crippen LogP contribution in [-0.2, 0) is 6.42 Å². The van der Waals surface area contributed by atoms with Gasteiger partial charge in [-0.25, -0.2) is 4.39 Å². The normalized spacial score (nSPS) is 10.1. The summed E-state index contributed by atoms with van der Waals surface area (Å²) in [5.41, 5.74) is 1.01. The van der Waals surface area contributed by atoms with Crippen LogP contribution in [0.3, 0.4) is 0 Å². The first-order chi connectivity index (χ1) is 7.19. The predicted molar refractivity (Wildman–Crippen MR) is 61.9 cm³/mol. The Kier molecular flexibility index (Phi) is 4.75. The molecule has 1 N–H and O–H groups in total. The van der Waals surface area contributed by atoms with Crippen molar-refractivity contribution in [1.29, 1.82) is 0 Å². The van der Waals surface area contributed by atoms with Crippen LogP contribution >= 0.6 is 15.9 Å². The number of aryl methyl sites for hydroxylation is 1. The highest BCUT2D eigenvalue weighted by Crippen LogP contribution is 2.12. The maximum Gasteiger partial charge on any atom is 0.253 e. The maximum absolute atomic E-state index is 13.4. The fourth-order valence-corrected chi connectivity index (χ4v) is 1.58. The van der Waals surface area contributed by atoms with Crippen LogP contribution in [0.2, 0.25) is 0 Å². The van der Waals surface area contributed by atoms with E-state index in [9.17, 15) is 9.18 Å². The number of carbonyl (C=O) groups is 1. The number of hydrogen-bond acceptors (Lipinski definition) is 1. The van der Waals surface area contributed by atoms with Crippen LogP contribution in [0.4, 0.5) is 4.39 Å². The Morgan fingerprint density at radius 2 is 2.27 bits per heavy atom. The van der Waals surface area contributed by atoms with Crippen LogP contribution in [0.25, 0.3) is 0 Å². The minimum atomic E-state index is -0.457. The lowest BCUT2D eigenvalue weighted by Gasteiger charge is -2.04. The molecular weight excluding hydrogens is 261 g/mol. The molecule has 0 aliphatic heterocycles. The Balaban J connectivity index is 2.83. The average Bonchev–Trinajstić information content (AvgIpc) is 2.25. The highest BCUT2D eigenvalue weighted by Gasteiger charge is 2.09. The van der Waals surface area contributed by atoms with Crippen molar-refractivity contribution in [3.63, 3.8) is 0 Å². The Morgan fingerprint density at radius 1 is 1.53 bits per heavy atom. The quantitative estimate of drug-likeness (QED) is 0.840. The van der Waals surface area contributed by atoms with E-state index >= 15 is 0 Å². The lowest BCUT2D eigenvalue weighted by Crippen LogP contribution is -2.19. The third kappa shape index (κ3) is 3.30. The van der Waals surface area contributed by atoms with Crippen molar-refractivity contribution in [2.24, 2.45) is 0 Å². The molecule has 0 radical (unpaired) electrons. The molecule has 0 aromatic heterocycles. The number of nitrogens with one attached hydrogen (secondary N) is 1. The van der Waals surface area contributed by atoms with Gasteiger partial charge >= 0.3 is 0 Å². The molecule has 1 rings (SSSR count). The molecule has 0 aliphatic rings. The van der Waals surface area contributed by atoms with E-state index in [0.717, 1.165) is 23.7 Å². The molecule has 0 bridgehead atoms. The predicted octanol–water partition coefficient (Wildman–Crippen LogP) is 2.51. The SMILES string of the molecule is CNC(=O)c1ccc(CCCBr)cc1F. The fraction of sp³-hybridized carbons (Fsp3) is 0.364. The molecular formula is C11H13BrFNO. The summed E-state index contributed by atoms with van der Waals surface area (Å²) in [4.78, 5) is 11.2. The van der Waals surface area contributed by atoms with Gasteiger partial charge < -0.3 is 5.32 Å². The zero-order valence-corrected chi connectivity index (χ0v) is 10.1. The molecule has 0 fully saturated rings. The van der Waals surface area contributed by atoms with Crippen LogP contribution in [0.15, 0.2) is 18.2 Å². The van der Waals surface area contributed by atoms with Crippen molar-refractivity contribution in [3.8, 4) is 0 Å². The topological polar surface area (TPSA) is 29.1 Å². The van der Waals surface area contributed by atoms with Crippen LogP contribution in [0.5, 0.6) is 0 Å². The molecule has 0 heterocycles. The zero-order chi connectivity index (χ0) is 11.3. The third-order valence-electron chi connectivity index (χ3n) is 2.10. The molecule has 0 atom stereocenters. The van der Waals surface area contributed by atoms with Crippen LogP contribution in [-0.4, -0.2) is 18.3 Å². The first-order valence-electron chi connectivity index (χ1n) is 4.75. The van der Waals surface area contributed by atoms with E-state index in [0.29, 0.717) is 0 Å². The van der Waals surface area contributed by atoms with Gasteiger partial charge in [0.25, 0.3) is 5.91 Å². The van der Waals surface area contributed by atoms with E-state index in [1.807, 2.05) is 0 Å². The van der Waals surface area contributed by atoms with Crippen molar-refractivity contribution in [2.45, 2.75) is 12.8 Å². The molecule has 0 unspecified atom stereocenters. The minimum Gasteiger partial charge on any atom is -0.355 e. The monoisotopic (exact) mass is 273 g/mol. The van der Waals surface area contributed by atoms with Gasteiger partial charge in [0, 0.05) is 12.4 Å². The van der Waals surface area contributed by atoms with E-state index in [1.54, 1.807) is 6.07 Å². The molecule has 0 aliphatic carbocycles. The van der Waals surface area contributed by atoms with Gasteiger partial charge in [-0.3, -0.25) is 4.79 Å². The standard InChI is InChI=1S/C11H13BrFNO/c1-14-11(15)9-5-4-8(3-2-6-12)7-10(9)13/h4-5,7H,2-3,6H2,1H3,(H,14,15). The average molecular weight is 274 g/mol. The van der Waals surface area contributed by atoms with Gasteiger partial charge in [-0.2, -0.15) is 0 Å². The molecule has 15 heavy (non-hydrogen) atoms. The molecule has 82 valence electrons. The highest BCUT2D eigenvalue weighted by atomic mass is 79.9. The minimum absolute atomic E-state index is 0.0973. The Bertz CT molecular complexity index is 354. The van der Waals surface area contributed by atoms with Crippen molar-refractivity contribution < 1.29 is 9.18 Å². The highest BCUT2D eigenvalue weighted by molar-refractivity contribution is 9.09. The number of halogens is 2. The molecule has 1 aromatic carbocycles. The van der Waals surface area contributed by atoms with Crippen LogP contribution < -0.4 is 5.32 Å². The summed E-state index contributed by atoms with van der Waals surface area (Å²) in [6.07, 6.45) is 1.77. The summed E-state index contributed by atoms with van der Waals surface area (Å²) < 4.78 is 13.4. The molecule has 4 heteroatoms. The summed E-state index contributed by atoms with van der Waals surface area (Å²) in [7, 11) is 1.49. The second-order valence-corrected chi connectivity index (χ2v) is 3.98. The molecule has 0 spiro atoms. The van der Waals surface area contributed by atoms with E-state index in [1.165, 1.54) is 19.2 Å². The van der Waals surface area contributed by atoms with E-state index in [2.05, 4.69) is 21.2 Å². The van der Waals surface area contributed by atoms with E-state index in [4.69, 9.17) is 0 Å². The van der Waals surface area contributed by atoms with E-state index in [-0.39, 0.29) is 11.5 Å². The smallest absolute Gasteiger partial charge is 0.253 e. The van der Waals surface area contributed by atoms with Gasteiger partial charge in [-0.1, -0.05) is 22.0 Å². The zero-order valence-electron chi connectivity index (χ0n) is 8.52. The van der Waals surface area contributed by atoms with Crippen LogP contribution in [0.1, 0.15) is 22.3 Å². The van der Waals surface area contributed by atoms with E-state index < -0.39 is 5.82 Å². The Labute approximate surface area is 97.0 Å². The maximum atomic E-state index is 13.4. The second-order valence-electron chi connectivity index (χ2n) is 3.19. The third-order valence-corrected chi connectivity index (χ3v) is 2.67. The summed E-state index contributed by atoms with van der Waals surface area (Å²) in [5.74, 6) is -0.846. The van der Waals surface area contributed by atoms with Gasteiger partial charge in [-0.05, 0) is 30.5 Å². The largest absolute Gasteiger partial charge is 0.355 e. The number of amides is 1.